The molecule has 1 aliphatic heterocycles. The molecule has 0 unspecified atom stereocenters. The van der Waals surface area contributed by atoms with Gasteiger partial charge in [-0.3, -0.25) is 14.5 Å². The van der Waals surface area contributed by atoms with E-state index >= 15 is 0 Å². The number of aromatic nitrogens is 2. The second kappa shape index (κ2) is 10.8. The van der Waals surface area contributed by atoms with E-state index in [0.29, 0.717) is 48.4 Å². The highest BCUT2D eigenvalue weighted by Crippen LogP contribution is 2.36. The molecule has 1 N–H and O–H groups in total. The number of rotatable bonds is 7. The molecule has 0 aliphatic carbocycles. The van der Waals surface area contributed by atoms with E-state index < -0.39 is 22.9 Å². The number of benzene rings is 1. The Hall–Kier alpha value is -3.57. The molecule has 3 heterocycles. The molecule has 1 atom stereocenters. The van der Waals surface area contributed by atoms with Crippen LogP contribution in [0.2, 0.25) is 0 Å². The van der Waals surface area contributed by atoms with Crippen molar-refractivity contribution in [1.82, 2.24) is 14.9 Å². The van der Waals surface area contributed by atoms with Gasteiger partial charge >= 0.3 is 6.18 Å². The minimum absolute atomic E-state index is 0.0983. The van der Waals surface area contributed by atoms with Crippen LogP contribution in [0.25, 0.3) is 11.1 Å². The van der Waals surface area contributed by atoms with Crippen molar-refractivity contribution in [2.75, 3.05) is 37.4 Å². The van der Waals surface area contributed by atoms with Gasteiger partial charge in [-0.15, -0.1) is 0 Å². The highest BCUT2D eigenvalue weighted by atomic mass is 32.1. The second-order valence-electron chi connectivity index (χ2n) is 8.98. The van der Waals surface area contributed by atoms with E-state index in [1.54, 1.807) is 30.2 Å². The molecule has 194 valence electrons. The average molecular weight is 530 g/mol. The summed E-state index contributed by atoms with van der Waals surface area (Å²) in [7, 11) is 3.86. The molecule has 0 bridgehead atoms. The van der Waals surface area contributed by atoms with Crippen LogP contribution in [0.1, 0.15) is 28.8 Å². The summed E-state index contributed by atoms with van der Waals surface area (Å²) in [4.78, 5) is 36.3. The number of nitrogens with zero attached hydrogens (tertiary/aromatic N) is 4. The van der Waals surface area contributed by atoms with Gasteiger partial charge in [-0.25, -0.2) is 9.97 Å². The van der Waals surface area contributed by atoms with Gasteiger partial charge in [0.1, 0.15) is 10.7 Å². The first-order chi connectivity index (χ1) is 17.5. The number of halogens is 3. The molecular formula is C26H26F3N5O2S. The van der Waals surface area contributed by atoms with E-state index in [2.05, 4.69) is 15.3 Å². The smallest absolute Gasteiger partial charge is 0.306 e. The Bertz CT molecular complexity index is 1340. The molecule has 0 fully saturated rings. The maximum Gasteiger partial charge on any atom is 0.427 e. The Labute approximate surface area is 216 Å². The quantitative estimate of drug-likeness (QED) is 0.437. The van der Waals surface area contributed by atoms with Crippen LogP contribution in [0.15, 0.2) is 54.9 Å². The molecule has 1 aliphatic rings. The summed E-state index contributed by atoms with van der Waals surface area (Å²) in [5.41, 5.74) is 3.36. The van der Waals surface area contributed by atoms with Crippen molar-refractivity contribution in [3.05, 3.63) is 70.9 Å². The van der Waals surface area contributed by atoms with Crippen molar-refractivity contribution in [2.45, 2.75) is 25.4 Å². The van der Waals surface area contributed by atoms with Crippen LogP contribution >= 0.6 is 11.3 Å². The van der Waals surface area contributed by atoms with Crippen LogP contribution in [0.4, 0.5) is 24.1 Å². The number of alkyl halides is 3. The van der Waals surface area contributed by atoms with E-state index in [1.807, 2.05) is 49.3 Å². The molecule has 0 saturated carbocycles. The first kappa shape index (κ1) is 26.5. The highest BCUT2D eigenvalue weighted by molar-refractivity contribution is 7.15. The lowest BCUT2D eigenvalue weighted by Gasteiger charge is -2.15. The van der Waals surface area contributed by atoms with E-state index in [-0.39, 0.29) is 11.0 Å². The fourth-order valence-corrected chi connectivity index (χ4v) is 4.60. The van der Waals surface area contributed by atoms with Gasteiger partial charge in [0, 0.05) is 30.9 Å². The summed E-state index contributed by atoms with van der Waals surface area (Å²) in [6.45, 7) is 2.91. The van der Waals surface area contributed by atoms with Gasteiger partial charge < -0.3 is 10.2 Å². The molecule has 0 spiro atoms. The number of anilines is 2. The molecule has 1 aromatic carbocycles. The van der Waals surface area contributed by atoms with Crippen LogP contribution in [0.5, 0.6) is 0 Å². The Morgan fingerprint density at radius 1 is 1.19 bits per heavy atom. The zero-order chi connectivity index (χ0) is 26.7. The number of hydrogen-bond donors (Lipinski definition) is 1. The van der Waals surface area contributed by atoms with Crippen molar-refractivity contribution >= 4 is 34.1 Å². The number of fused-ring (bicyclic) bond motifs is 1. The average Bonchev–Trinajstić information content (AvgIpc) is 3.50. The maximum absolute atomic E-state index is 12.8. The molecule has 0 saturated heterocycles. The van der Waals surface area contributed by atoms with Gasteiger partial charge in [0.2, 0.25) is 5.91 Å². The van der Waals surface area contributed by atoms with Gasteiger partial charge in [-0.1, -0.05) is 41.7 Å². The molecule has 11 heteroatoms. The first-order valence-electron chi connectivity index (χ1n) is 11.6. The largest absolute Gasteiger partial charge is 0.427 e. The van der Waals surface area contributed by atoms with Crippen molar-refractivity contribution in [3.63, 3.8) is 0 Å². The summed E-state index contributed by atoms with van der Waals surface area (Å²) in [6.07, 6.45) is 1.98. The number of hydrogen-bond acceptors (Lipinski definition) is 6. The van der Waals surface area contributed by atoms with Crippen molar-refractivity contribution in [3.8, 4) is 11.1 Å². The van der Waals surface area contributed by atoms with Crippen LogP contribution in [0.3, 0.4) is 0 Å². The van der Waals surface area contributed by atoms with Crippen molar-refractivity contribution in [1.29, 1.82) is 0 Å². The Kier molecular flexibility index (Phi) is 7.74. The van der Waals surface area contributed by atoms with E-state index in [0.717, 1.165) is 16.7 Å². The van der Waals surface area contributed by atoms with Crippen LogP contribution in [-0.4, -0.2) is 53.9 Å². The molecule has 37 heavy (non-hydrogen) atoms. The minimum atomic E-state index is -4.50. The number of carbonyl (C=O) groups is 2. The lowest BCUT2D eigenvalue weighted by atomic mass is 9.95. The monoisotopic (exact) mass is 529 g/mol. The highest BCUT2D eigenvalue weighted by Gasteiger charge is 2.33. The second-order valence-corrected chi connectivity index (χ2v) is 10.0. The SMILES string of the molecule is C[C@H](C(=O)Nc1ncc(C(F)(F)F)s1)c1cccc(-c2cnc3c(c2)CCN3C(=O)/C=C/CN(C)C)c1. The van der Waals surface area contributed by atoms with Crippen LogP contribution in [0, 0.1) is 0 Å². The summed E-state index contributed by atoms with van der Waals surface area (Å²) in [5, 5.41) is 2.37. The van der Waals surface area contributed by atoms with E-state index in [9.17, 15) is 22.8 Å². The van der Waals surface area contributed by atoms with Gasteiger partial charge in [0.25, 0.3) is 5.91 Å². The summed E-state index contributed by atoms with van der Waals surface area (Å²) in [5.74, 6) is -0.537. The van der Waals surface area contributed by atoms with Gasteiger partial charge in [0.15, 0.2) is 5.13 Å². The Morgan fingerprint density at radius 2 is 1.97 bits per heavy atom. The van der Waals surface area contributed by atoms with Gasteiger partial charge in [-0.05, 0) is 50.2 Å². The molecule has 2 aromatic heterocycles. The lowest BCUT2D eigenvalue weighted by Crippen LogP contribution is -2.27. The zero-order valence-corrected chi connectivity index (χ0v) is 21.4. The normalized spacial score (nSPS) is 14.3. The van der Waals surface area contributed by atoms with E-state index in [4.69, 9.17) is 0 Å². The number of amides is 2. The topological polar surface area (TPSA) is 78.4 Å². The maximum atomic E-state index is 12.8. The molecule has 0 radical (unpaired) electrons. The lowest BCUT2D eigenvalue weighted by molar-refractivity contribution is -0.134. The Balaban J connectivity index is 1.47. The van der Waals surface area contributed by atoms with Gasteiger partial charge in [0.05, 0.1) is 12.1 Å². The summed E-state index contributed by atoms with van der Waals surface area (Å²) in [6, 6.07) is 9.36. The third-order valence-electron chi connectivity index (χ3n) is 5.93. The fraction of sp³-hybridized carbons (Fsp3) is 0.308. The third kappa shape index (κ3) is 6.23. The number of nitrogens with one attached hydrogen (secondary N) is 1. The fourth-order valence-electron chi connectivity index (χ4n) is 3.91. The molecule has 2 amide bonds. The zero-order valence-electron chi connectivity index (χ0n) is 20.5. The summed E-state index contributed by atoms with van der Waals surface area (Å²) < 4.78 is 38.4. The first-order valence-corrected chi connectivity index (χ1v) is 12.4. The van der Waals surface area contributed by atoms with Crippen molar-refractivity contribution < 1.29 is 22.8 Å². The molecular weight excluding hydrogens is 503 g/mol. The van der Waals surface area contributed by atoms with Crippen molar-refractivity contribution in [2.24, 2.45) is 0 Å². The molecule has 4 rings (SSSR count). The number of carbonyl (C=O) groups excluding carboxylic acids is 2. The molecule has 3 aromatic rings. The standard InChI is InChI=1S/C26H26F3N5O2S/c1-16(24(36)32-25-31-15-21(37-25)26(27,28)29)17-6-4-7-18(12-17)20-13-19-9-11-34(23(19)30-14-20)22(35)8-5-10-33(2)3/h4-8,12-16H,9-11H2,1-3H3,(H,31,32,36)/b8-5+/t16-/m0/s1. The van der Waals surface area contributed by atoms with E-state index in [1.165, 1.54) is 0 Å². The number of pyridine rings is 1. The minimum Gasteiger partial charge on any atom is -0.306 e. The Morgan fingerprint density at radius 3 is 2.68 bits per heavy atom. The third-order valence-corrected chi connectivity index (χ3v) is 6.89. The summed E-state index contributed by atoms with van der Waals surface area (Å²) >= 11 is 0.389. The van der Waals surface area contributed by atoms with Crippen LogP contribution < -0.4 is 10.2 Å². The number of thiazole rings is 1. The van der Waals surface area contributed by atoms with Crippen LogP contribution in [-0.2, 0) is 22.2 Å². The van der Waals surface area contributed by atoms with Gasteiger partial charge in [-0.2, -0.15) is 13.2 Å². The molecule has 7 nitrogen and oxygen atoms in total. The predicted octanol–water partition coefficient (Wildman–Crippen LogP) is 4.97. The number of likely N-dealkylation sites (N-methyl/N-ethyl adjacent to an activating group) is 1. The predicted molar refractivity (Wildman–Crippen MR) is 138 cm³/mol.